The highest BCUT2D eigenvalue weighted by Gasteiger charge is 2.07. The first-order valence-corrected chi connectivity index (χ1v) is 5.39. The fraction of sp³-hybridized carbons (Fsp3) is 0.125. The van der Waals surface area contributed by atoms with Crippen LogP contribution in [0.15, 0.2) is 12.1 Å². The standard InChI is InChI=1S/C8H7I2NO/c1-12-7-3-2-6(9)5(4-11)8(7)10/h2-4,11H,1H3. The molecule has 0 heterocycles. The van der Waals surface area contributed by atoms with Crippen molar-refractivity contribution in [2.24, 2.45) is 0 Å². The molecular formula is C8H7I2NO. The van der Waals surface area contributed by atoms with Crippen LogP contribution >= 0.6 is 45.2 Å². The zero-order chi connectivity index (χ0) is 9.14. The summed E-state index contributed by atoms with van der Waals surface area (Å²) in [5.74, 6) is 0.828. The topological polar surface area (TPSA) is 33.1 Å². The van der Waals surface area contributed by atoms with E-state index in [1.807, 2.05) is 12.1 Å². The van der Waals surface area contributed by atoms with Gasteiger partial charge in [0.15, 0.2) is 0 Å². The molecule has 0 saturated heterocycles. The van der Waals surface area contributed by atoms with Crippen LogP contribution in [0.2, 0.25) is 0 Å². The van der Waals surface area contributed by atoms with Crippen LogP contribution < -0.4 is 4.74 Å². The Labute approximate surface area is 98.5 Å². The van der Waals surface area contributed by atoms with Crippen LogP contribution in [0.1, 0.15) is 5.56 Å². The van der Waals surface area contributed by atoms with Gasteiger partial charge in [0.2, 0.25) is 0 Å². The van der Waals surface area contributed by atoms with Gasteiger partial charge in [0.1, 0.15) is 5.75 Å². The summed E-state index contributed by atoms with van der Waals surface area (Å²) < 4.78 is 7.20. The van der Waals surface area contributed by atoms with Gasteiger partial charge >= 0.3 is 0 Å². The second-order valence-corrected chi connectivity index (χ2v) is 4.36. The van der Waals surface area contributed by atoms with E-state index in [1.165, 1.54) is 6.21 Å². The summed E-state index contributed by atoms with van der Waals surface area (Å²) in [6.07, 6.45) is 1.35. The Morgan fingerprint density at radius 1 is 1.42 bits per heavy atom. The molecule has 0 spiro atoms. The highest BCUT2D eigenvalue weighted by atomic mass is 127. The molecule has 0 fully saturated rings. The Morgan fingerprint density at radius 3 is 2.58 bits per heavy atom. The van der Waals surface area contributed by atoms with Crippen LogP contribution in [0.25, 0.3) is 0 Å². The molecule has 0 saturated carbocycles. The van der Waals surface area contributed by atoms with Crippen molar-refractivity contribution in [2.45, 2.75) is 0 Å². The van der Waals surface area contributed by atoms with Crippen molar-refractivity contribution in [2.75, 3.05) is 7.11 Å². The number of hydrogen-bond donors (Lipinski definition) is 1. The fourth-order valence-corrected chi connectivity index (χ4v) is 2.81. The van der Waals surface area contributed by atoms with Gasteiger partial charge in [-0.15, -0.1) is 0 Å². The number of benzene rings is 1. The van der Waals surface area contributed by atoms with Crippen molar-refractivity contribution in [3.05, 3.63) is 24.8 Å². The number of methoxy groups -OCH3 is 1. The maximum absolute atomic E-state index is 7.21. The lowest BCUT2D eigenvalue weighted by atomic mass is 10.2. The number of hydrogen-bond acceptors (Lipinski definition) is 2. The molecule has 0 aromatic heterocycles. The molecule has 1 aromatic rings. The summed E-state index contributed by atoms with van der Waals surface area (Å²) in [7, 11) is 1.64. The zero-order valence-electron chi connectivity index (χ0n) is 6.40. The molecule has 1 N–H and O–H groups in total. The summed E-state index contributed by atoms with van der Waals surface area (Å²) in [5, 5.41) is 7.21. The van der Waals surface area contributed by atoms with Gasteiger partial charge in [0.05, 0.1) is 10.7 Å². The summed E-state index contributed by atoms with van der Waals surface area (Å²) in [6.45, 7) is 0. The number of nitrogens with one attached hydrogen (secondary N) is 1. The Hall–Kier alpha value is 0.150. The lowest BCUT2D eigenvalue weighted by Crippen LogP contribution is -1.95. The van der Waals surface area contributed by atoms with E-state index in [0.717, 1.165) is 18.5 Å². The van der Waals surface area contributed by atoms with Crippen molar-refractivity contribution in [1.82, 2.24) is 0 Å². The molecule has 0 atom stereocenters. The summed E-state index contributed by atoms with van der Waals surface area (Å²) >= 11 is 4.39. The van der Waals surface area contributed by atoms with Gasteiger partial charge in [-0.25, -0.2) is 0 Å². The van der Waals surface area contributed by atoms with Crippen LogP contribution in [-0.4, -0.2) is 13.3 Å². The van der Waals surface area contributed by atoms with Gasteiger partial charge in [-0.05, 0) is 57.3 Å². The Morgan fingerprint density at radius 2 is 2.08 bits per heavy atom. The molecule has 0 radical (unpaired) electrons. The number of ether oxygens (including phenoxy) is 1. The van der Waals surface area contributed by atoms with Gasteiger partial charge in [0, 0.05) is 15.3 Å². The van der Waals surface area contributed by atoms with Crippen molar-refractivity contribution in [1.29, 1.82) is 5.41 Å². The van der Waals surface area contributed by atoms with E-state index in [0.29, 0.717) is 0 Å². The lowest BCUT2D eigenvalue weighted by Gasteiger charge is -2.06. The van der Waals surface area contributed by atoms with Gasteiger partial charge in [-0.3, -0.25) is 0 Å². The third-order valence-electron chi connectivity index (χ3n) is 1.46. The highest BCUT2D eigenvalue weighted by Crippen LogP contribution is 2.26. The second-order valence-electron chi connectivity index (χ2n) is 2.12. The molecule has 0 bridgehead atoms. The van der Waals surface area contributed by atoms with Crippen LogP contribution in [-0.2, 0) is 0 Å². The van der Waals surface area contributed by atoms with Gasteiger partial charge < -0.3 is 10.1 Å². The molecule has 1 aromatic carbocycles. The van der Waals surface area contributed by atoms with E-state index in [4.69, 9.17) is 10.1 Å². The molecule has 1 rings (SSSR count). The average molecular weight is 387 g/mol. The molecular weight excluding hydrogens is 380 g/mol. The minimum absolute atomic E-state index is 0.828. The predicted molar refractivity (Wildman–Crippen MR) is 66.3 cm³/mol. The normalized spacial score (nSPS) is 9.58. The van der Waals surface area contributed by atoms with Crippen LogP contribution in [0.5, 0.6) is 5.75 Å². The molecule has 4 heteroatoms. The predicted octanol–water partition coefficient (Wildman–Crippen LogP) is 2.90. The smallest absolute Gasteiger partial charge is 0.132 e. The largest absolute Gasteiger partial charge is 0.496 e. The van der Waals surface area contributed by atoms with Gasteiger partial charge in [0.25, 0.3) is 0 Å². The van der Waals surface area contributed by atoms with Crippen LogP contribution in [0.4, 0.5) is 0 Å². The summed E-state index contributed by atoms with van der Waals surface area (Å²) in [4.78, 5) is 0. The Balaban J connectivity index is 3.33. The fourth-order valence-electron chi connectivity index (χ4n) is 0.839. The van der Waals surface area contributed by atoms with E-state index in [2.05, 4.69) is 45.2 Å². The number of halogens is 2. The zero-order valence-corrected chi connectivity index (χ0v) is 10.7. The first-order chi connectivity index (χ1) is 5.70. The summed E-state index contributed by atoms with van der Waals surface area (Å²) in [6, 6.07) is 3.86. The van der Waals surface area contributed by atoms with Gasteiger partial charge in [-0.2, -0.15) is 0 Å². The third kappa shape index (κ3) is 1.90. The monoisotopic (exact) mass is 387 g/mol. The van der Waals surface area contributed by atoms with Crippen molar-refractivity contribution in [3.8, 4) is 5.75 Å². The van der Waals surface area contributed by atoms with Crippen molar-refractivity contribution >= 4 is 51.4 Å². The SMILES string of the molecule is COc1ccc(I)c(C=N)c1I. The molecule has 0 aliphatic carbocycles. The quantitative estimate of drug-likeness (QED) is 0.615. The van der Waals surface area contributed by atoms with Gasteiger partial charge in [-0.1, -0.05) is 0 Å². The highest BCUT2D eigenvalue weighted by molar-refractivity contribution is 14.1. The molecule has 0 aliphatic rings. The molecule has 2 nitrogen and oxygen atoms in total. The maximum atomic E-state index is 7.21. The van der Waals surface area contributed by atoms with Crippen LogP contribution in [0, 0.1) is 12.5 Å². The average Bonchev–Trinajstić information content (AvgIpc) is 2.06. The van der Waals surface area contributed by atoms with E-state index in [1.54, 1.807) is 7.11 Å². The molecule has 0 amide bonds. The molecule has 64 valence electrons. The van der Waals surface area contributed by atoms with E-state index < -0.39 is 0 Å². The first-order valence-electron chi connectivity index (χ1n) is 3.23. The van der Waals surface area contributed by atoms with Crippen LogP contribution in [0.3, 0.4) is 0 Å². The Bertz CT molecular complexity index is 312. The minimum Gasteiger partial charge on any atom is -0.496 e. The third-order valence-corrected chi connectivity index (χ3v) is 3.51. The molecule has 0 unspecified atom stereocenters. The molecule has 0 aliphatic heterocycles. The first kappa shape index (κ1) is 10.2. The Kier molecular flexibility index (Phi) is 3.76. The minimum atomic E-state index is 0.828. The van der Waals surface area contributed by atoms with E-state index in [9.17, 15) is 0 Å². The summed E-state index contributed by atoms with van der Waals surface area (Å²) in [5.41, 5.74) is 0.926. The molecule has 12 heavy (non-hydrogen) atoms. The number of rotatable bonds is 2. The second kappa shape index (κ2) is 4.40. The maximum Gasteiger partial charge on any atom is 0.132 e. The van der Waals surface area contributed by atoms with E-state index in [-0.39, 0.29) is 0 Å². The van der Waals surface area contributed by atoms with Crippen molar-refractivity contribution < 1.29 is 4.74 Å². The van der Waals surface area contributed by atoms with E-state index >= 15 is 0 Å². The van der Waals surface area contributed by atoms with Crippen molar-refractivity contribution in [3.63, 3.8) is 0 Å². The lowest BCUT2D eigenvalue weighted by molar-refractivity contribution is 0.411.